The van der Waals surface area contributed by atoms with Crippen LogP contribution < -0.4 is 4.74 Å². The first-order chi connectivity index (χ1) is 18.2. The van der Waals surface area contributed by atoms with Crippen LogP contribution in [0.5, 0.6) is 5.75 Å². The Hall–Kier alpha value is -4.52. The molecular weight excluding hydrogens is 484 g/mol. The molecule has 2 aliphatic rings. The molecule has 0 unspecified atom stereocenters. The van der Waals surface area contributed by atoms with Gasteiger partial charge in [0.05, 0.1) is 7.11 Å². The fourth-order valence-electron chi connectivity index (χ4n) is 4.82. The molecule has 0 amide bonds. The van der Waals surface area contributed by atoms with Gasteiger partial charge in [-0.3, -0.25) is 19.2 Å². The summed E-state index contributed by atoms with van der Waals surface area (Å²) in [7, 11) is 1.52. The van der Waals surface area contributed by atoms with Gasteiger partial charge in [0, 0.05) is 33.4 Å². The number of hydrogen-bond donors (Lipinski definition) is 2. The maximum atomic E-state index is 13.3. The molecule has 0 saturated heterocycles. The monoisotopic (exact) mass is 512 g/mol. The van der Waals surface area contributed by atoms with Crippen LogP contribution in [0.1, 0.15) is 37.8 Å². The van der Waals surface area contributed by atoms with Crippen molar-refractivity contribution in [3.8, 4) is 5.75 Å². The summed E-state index contributed by atoms with van der Waals surface area (Å²) in [5, 5.41) is 22.3. The highest BCUT2D eigenvalue weighted by atomic mass is 16.5. The van der Waals surface area contributed by atoms with Crippen molar-refractivity contribution in [2.24, 2.45) is 0 Å². The van der Waals surface area contributed by atoms with Crippen molar-refractivity contribution in [1.82, 2.24) is 0 Å². The number of ketones is 4. The lowest BCUT2D eigenvalue weighted by molar-refractivity contribution is -0.132. The number of aliphatic hydroxyl groups excluding tert-OH is 2. The molecule has 2 aromatic carbocycles. The summed E-state index contributed by atoms with van der Waals surface area (Å²) >= 11 is 0. The van der Waals surface area contributed by atoms with E-state index in [9.17, 15) is 29.4 Å². The van der Waals surface area contributed by atoms with Gasteiger partial charge in [0.2, 0.25) is 23.1 Å². The zero-order valence-corrected chi connectivity index (χ0v) is 21.5. The van der Waals surface area contributed by atoms with Gasteiger partial charge in [0.15, 0.2) is 0 Å². The SMILES string of the molecule is COc1ccccc1CCC1=C(C2=C(CCc3ccccc3)C(=O)C(=O)C(C)=C2O)C(O)=C(C)C(=O)C1=O. The van der Waals surface area contributed by atoms with Gasteiger partial charge in [-0.25, -0.2) is 0 Å². The normalized spacial score (nSPS) is 16.7. The predicted molar refractivity (Wildman–Crippen MR) is 141 cm³/mol. The number of para-hydroxylation sites is 1. The number of rotatable bonds is 8. The van der Waals surface area contributed by atoms with E-state index in [1.807, 2.05) is 42.5 Å². The van der Waals surface area contributed by atoms with Gasteiger partial charge in [0.25, 0.3) is 0 Å². The van der Waals surface area contributed by atoms with Crippen LogP contribution in [0, 0.1) is 0 Å². The molecule has 0 fully saturated rings. The first-order valence-electron chi connectivity index (χ1n) is 12.3. The summed E-state index contributed by atoms with van der Waals surface area (Å²) < 4.78 is 5.40. The van der Waals surface area contributed by atoms with Gasteiger partial charge in [0.1, 0.15) is 17.3 Å². The van der Waals surface area contributed by atoms with E-state index in [0.29, 0.717) is 12.2 Å². The lowest BCUT2D eigenvalue weighted by Crippen LogP contribution is -2.31. The lowest BCUT2D eigenvalue weighted by atomic mass is 9.76. The second-order valence-corrected chi connectivity index (χ2v) is 9.27. The summed E-state index contributed by atoms with van der Waals surface area (Å²) in [4.78, 5) is 51.9. The number of carbonyl (C=O) groups is 4. The van der Waals surface area contributed by atoms with Gasteiger partial charge in [-0.05, 0) is 56.7 Å². The van der Waals surface area contributed by atoms with E-state index < -0.39 is 34.7 Å². The standard InChI is InChI=1S/C31H28O7/c1-17-26(32)24(21(30(36)28(17)34)15-13-19-9-5-4-6-10-19)25-22(31(37)29(35)18(2)27(25)33)16-14-20-11-7-8-12-23(20)38-3/h4-12,32-33H,13-16H2,1-3H3. The van der Waals surface area contributed by atoms with Crippen LogP contribution >= 0.6 is 0 Å². The van der Waals surface area contributed by atoms with Crippen molar-refractivity contribution < 1.29 is 34.1 Å². The van der Waals surface area contributed by atoms with Crippen molar-refractivity contribution in [2.45, 2.75) is 39.5 Å². The molecule has 0 saturated carbocycles. The molecule has 2 N–H and O–H groups in total. The molecule has 194 valence electrons. The number of aryl methyl sites for hydroxylation is 2. The van der Waals surface area contributed by atoms with Crippen molar-refractivity contribution in [3.05, 3.63) is 111 Å². The van der Waals surface area contributed by atoms with Crippen LogP contribution in [-0.2, 0) is 32.0 Å². The highest BCUT2D eigenvalue weighted by Crippen LogP contribution is 2.40. The van der Waals surface area contributed by atoms with Crippen LogP contribution in [-0.4, -0.2) is 40.5 Å². The molecule has 38 heavy (non-hydrogen) atoms. The van der Waals surface area contributed by atoms with E-state index >= 15 is 0 Å². The Morgan fingerprint density at radius 2 is 1.08 bits per heavy atom. The van der Waals surface area contributed by atoms with E-state index in [2.05, 4.69) is 0 Å². The Morgan fingerprint density at radius 1 is 0.605 bits per heavy atom. The molecule has 4 rings (SSSR count). The summed E-state index contributed by atoms with van der Waals surface area (Å²) in [6.45, 7) is 2.64. The van der Waals surface area contributed by atoms with Crippen LogP contribution in [0.3, 0.4) is 0 Å². The van der Waals surface area contributed by atoms with E-state index in [0.717, 1.165) is 11.1 Å². The number of hydrogen-bond acceptors (Lipinski definition) is 7. The molecule has 0 heterocycles. The second-order valence-electron chi connectivity index (χ2n) is 9.27. The maximum Gasteiger partial charge on any atom is 0.232 e. The molecular formula is C31H28O7. The minimum Gasteiger partial charge on any atom is -0.507 e. The first kappa shape index (κ1) is 26.5. The fourth-order valence-corrected chi connectivity index (χ4v) is 4.82. The zero-order valence-electron chi connectivity index (χ0n) is 21.5. The molecule has 0 atom stereocenters. The van der Waals surface area contributed by atoms with Crippen LogP contribution in [0.2, 0.25) is 0 Å². The van der Waals surface area contributed by atoms with Crippen LogP contribution in [0.15, 0.2) is 99.6 Å². The van der Waals surface area contributed by atoms with Gasteiger partial charge in [-0.2, -0.15) is 0 Å². The van der Waals surface area contributed by atoms with Gasteiger partial charge in [-0.1, -0.05) is 48.5 Å². The molecule has 0 bridgehead atoms. The number of Topliss-reactive ketones (excluding diaryl/α,β-unsaturated/α-hetero) is 4. The van der Waals surface area contributed by atoms with Crippen LogP contribution in [0.25, 0.3) is 0 Å². The number of aliphatic hydroxyl groups is 2. The average molecular weight is 513 g/mol. The third-order valence-corrected chi connectivity index (χ3v) is 7.02. The number of ether oxygens (including phenoxy) is 1. The van der Waals surface area contributed by atoms with E-state index in [4.69, 9.17) is 4.74 Å². The quantitative estimate of drug-likeness (QED) is 0.385. The summed E-state index contributed by atoms with van der Waals surface area (Å²) in [6, 6.07) is 16.5. The van der Waals surface area contributed by atoms with Crippen molar-refractivity contribution in [3.63, 3.8) is 0 Å². The Bertz CT molecular complexity index is 1480. The number of methoxy groups -OCH3 is 1. The summed E-state index contributed by atoms with van der Waals surface area (Å²) in [6.07, 6.45) is 0.781. The predicted octanol–water partition coefficient (Wildman–Crippen LogP) is 4.82. The first-order valence-corrected chi connectivity index (χ1v) is 12.3. The molecule has 0 spiro atoms. The van der Waals surface area contributed by atoms with E-state index in [-0.39, 0.29) is 52.7 Å². The number of benzene rings is 2. The highest BCUT2D eigenvalue weighted by molar-refractivity contribution is 6.52. The molecule has 2 aliphatic carbocycles. The van der Waals surface area contributed by atoms with E-state index in [1.165, 1.54) is 21.0 Å². The van der Waals surface area contributed by atoms with Gasteiger partial charge >= 0.3 is 0 Å². The average Bonchev–Trinajstić information content (AvgIpc) is 2.94. The Labute approximate surface area is 220 Å². The highest BCUT2D eigenvalue weighted by Gasteiger charge is 2.40. The molecule has 2 aromatic rings. The third kappa shape index (κ3) is 4.75. The number of carbonyl (C=O) groups excluding carboxylic acids is 4. The van der Waals surface area contributed by atoms with Crippen LogP contribution in [0.4, 0.5) is 0 Å². The third-order valence-electron chi connectivity index (χ3n) is 7.02. The molecule has 0 aliphatic heterocycles. The molecule has 7 heteroatoms. The number of allylic oxidation sites excluding steroid dienone is 6. The smallest absolute Gasteiger partial charge is 0.232 e. The molecule has 7 nitrogen and oxygen atoms in total. The topological polar surface area (TPSA) is 118 Å². The Kier molecular flexibility index (Phi) is 7.57. The Morgan fingerprint density at radius 3 is 1.61 bits per heavy atom. The minimum atomic E-state index is -0.855. The molecule has 0 radical (unpaired) electrons. The lowest BCUT2D eigenvalue weighted by Gasteiger charge is -2.27. The summed E-state index contributed by atoms with van der Waals surface area (Å²) in [5.74, 6) is -3.70. The summed E-state index contributed by atoms with van der Waals surface area (Å²) in [5.41, 5.74) is 1.12. The minimum absolute atomic E-state index is 0.00626. The van der Waals surface area contributed by atoms with Gasteiger partial charge in [-0.15, -0.1) is 0 Å². The zero-order chi connectivity index (χ0) is 27.6. The van der Waals surface area contributed by atoms with E-state index in [1.54, 1.807) is 12.1 Å². The fraction of sp³-hybridized carbons (Fsp3) is 0.226. The van der Waals surface area contributed by atoms with Gasteiger partial charge < -0.3 is 14.9 Å². The largest absolute Gasteiger partial charge is 0.507 e. The molecule has 0 aromatic heterocycles. The second kappa shape index (κ2) is 10.8. The van der Waals surface area contributed by atoms with Crippen molar-refractivity contribution in [2.75, 3.05) is 7.11 Å². The Balaban J connectivity index is 1.90. The van der Waals surface area contributed by atoms with Crippen molar-refractivity contribution in [1.29, 1.82) is 0 Å². The maximum absolute atomic E-state index is 13.3. The van der Waals surface area contributed by atoms with Crippen molar-refractivity contribution >= 4 is 23.1 Å².